The number of ether oxygens (including phenoxy) is 5. The van der Waals surface area contributed by atoms with Crippen LogP contribution in [0.3, 0.4) is 0 Å². The molecule has 2 aromatic carbocycles. The first kappa shape index (κ1) is 51.1. The van der Waals surface area contributed by atoms with Gasteiger partial charge >= 0.3 is 12.3 Å². The average Bonchev–Trinajstić information content (AvgIpc) is 4.16. The summed E-state index contributed by atoms with van der Waals surface area (Å²) in [6.07, 6.45) is -1.79. The zero-order chi connectivity index (χ0) is 50.4. The van der Waals surface area contributed by atoms with Crippen LogP contribution in [0.2, 0.25) is 0 Å². The number of methoxy groups -OCH3 is 2. The highest BCUT2D eigenvalue weighted by atomic mass is 32.2. The fourth-order valence-electron chi connectivity index (χ4n) is 9.02. The molecule has 3 heterocycles. The SMILES string of the molecule is COc1ccc2c(OC3CC4C(=O)NC5(C(=O)NS(=O)(=O)C6(C)CC6)CC5C=CCCC(C)CC(C)C(NC(=O)OC(C)(C)C(F)(F)F)C(=O)N4C3)nc(-c3ccc(OC(C)C)cc3)c(OC)c2c1. The number of amides is 4. The molecule has 20 heteroatoms. The van der Waals surface area contributed by atoms with Crippen molar-refractivity contribution >= 4 is 44.6 Å². The maximum absolute atomic E-state index is 15.1. The van der Waals surface area contributed by atoms with Gasteiger partial charge in [-0.15, -0.1) is 0 Å². The number of halogens is 3. The van der Waals surface area contributed by atoms with Gasteiger partial charge in [-0.3, -0.25) is 19.1 Å². The van der Waals surface area contributed by atoms with Crippen LogP contribution in [0.5, 0.6) is 23.1 Å². The second-order valence-electron chi connectivity index (χ2n) is 19.9. The van der Waals surface area contributed by atoms with Crippen molar-refractivity contribution < 1.29 is 64.5 Å². The Bertz CT molecular complexity index is 2600. The predicted octanol–water partition coefficient (Wildman–Crippen LogP) is 7.38. The van der Waals surface area contributed by atoms with Crippen LogP contribution < -0.4 is 34.3 Å². The largest absolute Gasteiger partial charge is 0.497 e. The lowest BCUT2D eigenvalue weighted by Gasteiger charge is -2.34. The molecule has 2 aliphatic heterocycles. The summed E-state index contributed by atoms with van der Waals surface area (Å²) in [4.78, 5) is 63.6. The maximum atomic E-state index is 15.1. The molecule has 0 bridgehead atoms. The lowest BCUT2D eigenvalue weighted by atomic mass is 9.88. The van der Waals surface area contributed by atoms with E-state index in [0.717, 1.165) is 0 Å². The van der Waals surface area contributed by atoms with E-state index in [1.54, 1.807) is 43.3 Å². The molecule has 4 amide bonds. The van der Waals surface area contributed by atoms with Crippen LogP contribution in [0.25, 0.3) is 22.0 Å². The molecule has 2 aliphatic carbocycles. The number of nitrogens with zero attached hydrogens (tertiary/aromatic N) is 2. The smallest absolute Gasteiger partial charge is 0.427 e. The molecule has 7 rings (SSSR count). The van der Waals surface area contributed by atoms with Crippen molar-refractivity contribution in [1.29, 1.82) is 0 Å². The van der Waals surface area contributed by atoms with E-state index in [1.165, 1.54) is 26.0 Å². The van der Waals surface area contributed by atoms with E-state index < -0.39 is 85.9 Å². The van der Waals surface area contributed by atoms with Crippen molar-refractivity contribution in [3.63, 3.8) is 0 Å². The van der Waals surface area contributed by atoms with Crippen LogP contribution in [-0.2, 0) is 29.1 Å². The number of rotatable bonds is 12. The van der Waals surface area contributed by atoms with Gasteiger partial charge in [-0.1, -0.05) is 26.0 Å². The molecule has 16 nitrogen and oxygen atoms in total. The van der Waals surface area contributed by atoms with E-state index in [-0.39, 0.29) is 37.3 Å². The summed E-state index contributed by atoms with van der Waals surface area (Å²) in [5.41, 5.74) is -3.59. The molecule has 3 aromatic rings. The molecule has 0 radical (unpaired) electrons. The third kappa shape index (κ3) is 10.7. The zero-order valence-corrected chi connectivity index (χ0v) is 41.1. The number of pyridine rings is 1. The zero-order valence-electron chi connectivity index (χ0n) is 40.3. The minimum absolute atomic E-state index is 0.0717. The van der Waals surface area contributed by atoms with Gasteiger partial charge in [-0.25, -0.2) is 18.2 Å². The van der Waals surface area contributed by atoms with E-state index >= 15 is 4.79 Å². The fourth-order valence-corrected chi connectivity index (χ4v) is 10.3. The standard InChI is InChI=1S/C49H62F3N5O11S/c1-27(2)66-32-16-14-30(15-17-32)39-40(65-9)36-23-33(64-8)18-19-35(36)42(53-39)67-34-24-37-41(58)55-48(44(60)56-69(62,63)47(7)20-21-47)25-31(48)13-11-10-12-28(3)22-29(4)38(43(59)57(37)26-34)54-45(61)68-46(5,6)49(50,51)52/h11,13-19,23,27-29,31,34,37-38H,10,12,20-22,24-26H2,1-9H3,(H,54,61)(H,55,58)(H,56,60). The first-order valence-corrected chi connectivity index (χ1v) is 24.7. The number of fused-ring (bicyclic) bond motifs is 3. The number of sulfonamides is 1. The third-order valence-corrected chi connectivity index (χ3v) is 15.8. The number of hydrogen-bond donors (Lipinski definition) is 3. The Labute approximate surface area is 400 Å². The van der Waals surface area contributed by atoms with Gasteiger partial charge in [0.25, 0.3) is 5.91 Å². The van der Waals surface area contributed by atoms with Crippen LogP contribution >= 0.6 is 0 Å². The highest BCUT2D eigenvalue weighted by Gasteiger charge is 2.63. The molecule has 69 heavy (non-hydrogen) atoms. The molecule has 3 fully saturated rings. The Kier molecular flexibility index (Phi) is 14.2. The molecule has 2 saturated carbocycles. The number of hydrogen-bond acceptors (Lipinski definition) is 12. The average molecular weight is 986 g/mol. The van der Waals surface area contributed by atoms with Gasteiger partial charge in [0.1, 0.15) is 40.9 Å². The first-order valence-electron chi connectivity index (χ1n) is 23.2. The van der Waals surface area contributed by atoms with Crippen LogP contribution in [0.1, 0.15) is 93.4 Å². The van der Waals surface area contributed by atoms with Gasteiger partial charge in [-0.05, 0) is 127 Å². The van der Waals surface area contributed by atoms with Gasteiger partial charge in [0.2, 0.25) is 33.3 Å². The number of allylic oxidation sites excluding steroid dienone is 1. The van der Waals surface area contributed by atoms with E-state index in [4.69, 9.17) is 28.7 Å². The summed E-state index contributed by atoms with van der Waals surface area (Å²) in [7, 11) is -1.10. The summed E-state index contributed by atoms with van der Waals surface area (Å²) >= 11 is 0. The van der Waals surface area contributed by atoms with Crippen molar-refractivity contribution in [3.8, 4) is 34.4 Å². The number of aromatic nitrogens is 1. The van der Waals surface area contributed by atoms with Gasteiger partial charge < -0.3 is 39.2 Å². The summed E-state index contributed by atoms with van der Waals surface area (Å²) < 4.78 is 98.5. The molecule has 7 atom stereocenters. The highest BCUT2D eigenvalue weighted by Crippen LogP contribution is 2.48. The highest BCUT2D eigenvalue weighted by molar-refractivity contribution is 7.91. The van der Waals surface area contributed by atoms with Gasteiger partial charge in [0, 0.05) is 28.7 Å². The van der Waals surface area contributed by atoms with Crippen molar-refractivity contribution in [2.45, 2.75) is 140 Å². The number of alkyl carbamates (subject to hydrolysis) is 1. The summed E-state index contributed by atoms with van der Waals surface area (Å²) in [6, 6.07) is 9.51. The van der Waals surface area contributed by atoms with E-state index in [1.807, 2.05) is 39.0 Å². The summed E-state index contributed by atoms with van der Waals surface area (Å²) in [5.74, 6) is -2.25. The van der Waals surface area contributed by atoms with Crippen molar-refractivity contribution in [3.05, 3.63) is 54.6 Å². The van der Waals surface area contributed by atoms with Gasteiger partial charge in [0.15, 0.2) is 5.75 Å². The topological polar surface area (TPSA) is 201 Å². The summed E-state index contributed by atoms with van der Waals surface area (Å²) in [5, 5.41) is 6.28. The van der Waals surface area contributed by atoms with E-state index in [2.05, 4.69) is 15.4 Å². The molecular weight excluding hydrogens is 924 g/mol. The molecule has 1 aromatic heterocycles. The first-order chi connectivity index (χ1) is 32.3. The second-order valence-corrected chi connectivity index (χ2v) is 22.1. The maximum Gasteiger partial charge on any atom is 0.427 e. The number of carbonyl (C=O) groups excluding carboxylic acids is 4. The predicted molar refractivity (Wildman–Crippen MR) is 249 cm³/mol. The Morgan fingerprint density at radius 1 is 0.971 bits per heavy atom. The van der Waals surface area contributed by atoms with Crippen molar-refractivity contribution in [2.75, 3.05) is 20.8 Å². The van der Waals surface area contributed by atoms with Crippen LogP contribution in [0.15, 0.2) is 54.6 Å². The van der Waals surface area contributed by atoms with E-state index in [0.29, 0.717) is 85.2 Å². The molecular formula is C49H62F3N5O11S. The fraction of sp³-hybridized carbons (Fsp3) is 0.571. The van der Waals surface area contributed by atoms with Crippen LogP contribution in [0, 0.1) is 17.8 Å². The summed E-state index contributed by atoms with van der Waals surface area (Å²) in [6.45, 7) is 10.1. The number of alkyl halides is 3. The third-order valence-electron chi connectivity index (χ3n) is 13.7. The second kappa shape index (κ2) is 19.2. The molecule has 7 unspecified atom stereocenters. The molecule has 4 aliphatic rings. The molecule has 0 spiro atoms. The Balaban J connectivity index is 1.29. The van der Waals surface area contributed by atoms with Gasteiger partial charge in [0.05, 0.1) is 31.6 Å². The monoisotopic (exact) mass is 985 g/mol. The van der Waals surface area contributed by atoms with E-state index in [9.17, 15) is 36.0 Å². The minimum Gasteiger partial charge on any atom is -0.497 e. The number of benzene rings is 2. The van der Waals surface area contributed by atoms with Crippen LogP contribution in [-0.4, -0.2) is 109 Å². The van der Waals surface area contributed by atoms with Crippen molar-refractivity contribution in [1.82, 2.24) is 25.2 Å². The van der Waals surface area contributed by atoms with Crippen molar-refractivity contribution in [2.24, 2.45) is 17.8 Å². The number of nitrogens with one attached hydrogen (secondary N) is 3. The minimum atomic E-state index is -4.94. The molecule has 1 saturated heterocycles. The lowest BCUT2D eigenvalue weighted by molar-refractivity contribution is -0.244. The molecule has 3 N–H and O–H groups in total. The van der Waals surface area contributed by atoms with Crippen LogP contribution in [0.4, 0.5) is 18.0 Å². The molecule has 376 valence electrons. The Morgan fingerprint density at radius 3 is 2.28 bits per heavy atom. The normalized spacial score (nSPS) is 26.1. The Hall–Kier alpha value is -5.79. The lowest BCUT2D eigenvalue weighted by Crippen LogP contribution is -2.59. The Morgan fingerprint density at radius 2 is 1.65 bits per heavy atom. The van der Waals surface area contributed by atoms with Gasteiger partial charge in [-0.2, -0.15) is 13.2 Å². The quantitative estimate of drug-likeness (QED) is 0.152. The number of carbonyl (C=O) groups is 4.